The molecule has 0 aliphatic carbocycles. The van der Waals surface area contributed by atoms with Crippen LogP contribution in [0.2, 0.25) is 0 Å². The molecule has 0 aliphatic rings. The molecule has 2 aromatic rings. The van der Waals surface area contributed by atoms with Gasteiger partial charge in [-0.05, 0) is 43.2 Å². The van der Waals surface area contributed by atoms with E-state index in [1.807, 2.05) is 0 Å². The average Bonchev–Trinajstić information content (AvgIpc) is 3.30. The number of benzene rings is 1. The zero-order valence-corrected chi connectivity index (χ0v) is 18.9. The molecule has 0 spiro atoms. The third-order valence-corrected chi connectivity index (χ3v) is 5.07. The molecule has 1 aromatic carbocycles. The highest BCUT2D eigenvalue weighted by molar-refractivity contribution is 5.73. The van der Waals surface area contributed by atoms with Gasteiger partial charge in [-0.2, -0.15) is 18.4 Å². The lowest BCUT2D eigenvalue weighted by Gasteiger charge is -2.14. The van der Waals surface area contributed by atoms with Crippen LogP contribution in [0.4, 0.5) is 13.2 Å². The SMILES string of the molecule is CCCCCCCCc1ccc(CCC(N)CC(O)c2nn[nH]n2)cc1.O=C(O)C(F)(F)F. The number of aryl methyl sites for hydroxylation is 2. The Hall–Kier alpha value is -2.53. The molecule has 1 heterocycles. The maximum atomic E-state index is 10.6. The Labute approximate surface area is 191 Å². The predicted molar refractivity (Wildman–Crippen MR) is 117 cm³/mol. The van der Waals surface area contributed by atoms with E-state index in [-0.39, 0.29) is 6.04 Å². The Morgan fingerprint density at radius 3 is 2.12 bits per heavy atom. The van der Waals surface area contributed by atoms with Gasteiger partial charge >= 0.3 is 12.1 Å². The number of aromatic amines is 1. The van der Waals surface area contributed by atoms with Gasteiger partial charge in [0.25, 0.3) is 0 Å². The maximum absolute atomic E-state index is 10.6. The van der Waals surface area contributed by atoms with Crippen molar-refractivity contribution < 1.29 is 28.2 Å². The van der Waals surface area contributed by atoms with E-state index >= 15 is 0 Å². The van der Waals surface area contributed by atoms with E-state index in [9.17, 15) is 18.3 Å². The van der Waals surface area contributed by atoms with Gasteiger partial charge in [-0.25, -0.2) is 4.79 Å². The Kier molecular flexibility index (Phi) is 13.2. The lowest BCUT2D eigenvalue weighted by Crippen LogP contribution is -2.24. The van der Waals surface area contributed by atoms with Crippen molar-refractivity contribution in [3.8, 4) is 0 Å². The van der Waals surface area contributed by atoms with E-state index in [0.717, 1.165) is 12.8 Å². The number of halogens is 3. The van der Waals surface area contributed by atoms with Crippen molar-refractivity contribution in [3.63, 3.8) is 0 Å². The number of hydrogen-bond donors (Lipinski definition) is 4. The van der Waals surface area contributed by atoms with E-state index in [2.05, 4.69) is 51.8 Å². The van der Waals surface area contributed by atoms with Gasteiger partial charge in [0.15, 0.2) is 0 Å². The van der Waals surface area contributed by atoms with Crippen LogP contribution in [0.1, 0.15) is 81.3 Å². The van der Waals surface area contributed by atoms with Crippen LogP contribution in [-0.4, -0.2) is 49.0 Å². The van der Waals surface area contributed by atoms with Crippen molar-refractivity contribution in [2.45, 2.75) is 89.5 Å². The van der Waals surface area contributed by atoms with Gasteiger partial charge in [0, 0.05) is 6.04 Å². The number of tetrazole rings is 1. The van der Waals surface area contributed by atoms with Gasteiger partial charge < -0.3 is 15.9 Å². The fourth-order valence-electron chi connectivity index (χ4n) is 3.15. The highest BCUT2D eigenvalue weighted by atomic mass is 19.4. The van der Waals surface area contributed by atoms with Crippen molar-refractivity contribution in [2.75, 3.05) is 0 Å². The number of carboxylic acid groups (broad SMARTS) is 1. The number of aliphatic carboxylic acids is 1. The quantitative estimate of drug-likeness (QED) is 0.321. The summed E-state index contributed by atoms with van der Waals surface area (Å²) in [6.45, 7) is 2.25. The third-order valence-electron chi connectivity index (χ3n) is 5.07. The number of H-pyrrole nitrogens is 1. The molecule has 1 aromatic heterocycles. The van der Waals surface area contributed by atoms with E-state index in [4.69, 9.17) is 15.6 Å². The highest BCUT2D eigenvalue weighted by Gasteiger charge is 2.38. The minimum atomic E-state index is -5.08. The molecule has 8 nitrogen and oxygen atoms in total. The molecular weight excluding hydrogens is 439 g/mol. The van der Waals surface area contributed by atoms with Crippen molar-refractivity contribution in [3.05, 3.63) is 41.2 Å². The standard InChI is InChI=1S/C20H33N5O.C2HF3O2/c1-2-3-4-5-6-7-8-16-9-11-17(12-10-16)13-14-18(21)15-19(26)20-22-24-25-23-20;3-2(4,5)1(6)7/h9-12,18-19,26H,2-8,13-15,21H2,1H3,(H,22,23,24,25);(H,6,7). The van der Waals surface area contributed by atoms with E-state index in [1.165, 1.54) is 56.1 Å². The van der Waals surface area contributed by atoms with Crippen LogP contribution in [0, 0.1) is 0 Å². The molecular formula is C22H34F3N5O3. The summed E-state index contributed by atoms with van der Waals surface area (Å²) >= 11 is 0. The molecule has 2 atom stereocenters. The zero-order valence-electron chi connectivity index (χ0n) is 18.9. The van der Waals surface area contributed by atoms with Crippen molar-refractivity contribution in [1.82, 2.24) is 20.6 Å². The summed E-state index contributed by atoms with van der Waals surface area (Å²) in [5.74, 6) is -2.45. The second-order valence-corrected chi connectivity index (χ2v) is 7.96. The fraction of sp³-hybridized carbons (Fsp3) is 0.636. The van der Waals surface area contributed by atoms with Crippen LogP contribution < -0.4 is 5.73 Å². The molecule has 0 radical (unpaired) electrons. The highest BCUT2D eigenvalue weighted by Crippen LogP contribution is 2.16. The molecule has 0 bridgehead atoms. The van der Waals surface area contributed by atoms with E-state index in [0.29, 0.717) is 12.2 Å². The summed E-state index contributed by atoms with van der Waals surface area (Å²) in [5.41, 5.74) is 8.84. The second-order valence-electron chi connectivity index (χ2n) is 7.96. The van der Waals surface area contributed by atoms with E-state index in [1.54, 1.807) is 0 Å². The van der Waals surface area contributed by atoms with Crippen molar-refractivity contribution >= 4 is 5.97 Å². The fourth-order valence-corrected chi connectivity index (χ4v) is 3.15. The number of carboxylic acids is 1. The Bertz CT molecular complexity index is 771. The number of hydrogen-bond acceptors (Lipinski definition) is 6. The number of aliphatic hydroxyl groups is 1. The van der Waals surface area contributed by atoms with Gasteiger partial charge in [0.05, 0.1) is 0 Å². The number of rotatable bonds is 13. The molecule has 11 heteroatoms. The molecule has 33 heavy (non-hydrogen) atoms. The predicted octanol–water partition coefficient (Wildman–Crippen LogP) is 4.12. The summed E-state index contributed by atoms with van der Waals surface area (Å²) < 4.78 is 31.7. The first kappa shape index (κ1) is 28.5. The molecule has 186 valence electrons. The van der Waals surface area contributed by atoms with Gasteiger partial charge in [0.1, 0.15) is 6.10 Å². The van der Waals surface area contributed by atoms with Gasteiger partial charge in [-0.1, -0.05) is 68.5 Å². The van der Waals surface area contributed by atoms with Crippen LogP contribution >= 0.6 is 0 Å². The molecule has 0 amide bonds. The number of nitrogens with one attached hydrogen (secondary N) is 1. The van der Waals surface area contributed by atoms with E-state index < -0.39 is 18.2 Å². The number of nitrogens with two attached hydrogens (primary N) is 1. The molecule has 2 unspecified atom stereocenters. The molecule has 5 N–H and O–H groups in total. The number of aliphatic hydroxyl groups excluding tert-OH is 1. The number of nitrogens with zero attached hydrogens (tertiary/aromatic N) is 3. The Morgan fingerprint density at radius 1 is 1.06 bits per heavy atom. The minimum absolute atomic E-state index is 0.0914. The molecule has 0 aliphatic heterocycles. The Balaban J connectivity index is 0.000000675. The van der Waals surface area contributed by atoms with Crippen molar-refractivity contribution in [2.24, 2.45) is 5.73 Å². The summed E-state index contributed by atoms with van der Waals surface area (Å²) in [6, 6.07) is 8.79. The third kappa shape index (κ3) is 12.9. The Morgan fingerprint density at radius 2 is 1.61 bits per heavy atom. The second kappa shape index (κ2) is 15.3. The summed E-state index contributed by atoms with van der Waals surface area (Å²) in [7, 11) is 0. The smallest absolute Gasteiger partial charge is 0.475 e. The molecule has 0 saturated heterocycles. The zero-order chi connectivity index (χ0) is 24.7. The maximum Gasteiger partial charge on any atom is 0.490 e. The molecule has 0 saturated carbocycles. The monoisotopic (exact) mass is 473 g/mol. The van der Waals surface area contributed by atoms with Crippen molar-refractivity contribution in [1.29, 1.82) is 0 Å². The number of unbranched alkanes of at least 4 members (excludes halogenated alkanes) is 5. The lowest BCUT2D eigenvalue weighted by molar-refractivity contribution is -0.192. The largest absolute Gasteiger partial charge is 0.490 e. The first-order valence-electron chi connectivity index (χ1n) is 11.2. The minimum Gasteiger partial charge on any atom is -0.475 e. The van der Waals surface area contributed by atoms with Crippen LogP contribution in [0.5, 0.6) is 0 Å². The lowest BCUT2D eigenvalue weighted by atomic mass is 9.99. The molecule has 0 fully saturated rings. The number of aromatic nitrogens is 4. The summed E-state index contributed by atoms with van der Waals surface area (Å²) in [4.78, 5) is 8.90. The molecule has 2 rings (SSSR count). The van der Waals surface area contributed by atoms with Crippen LogP contribution in [-0.2, 0) is 17.6 Å². The van der Waals surface area contributed by atoms with Crippen LogP contribution in [0.25, 0.3) is 0 Å². The summed E-state index contributed by atoms with van der Waals surface area (Å²) in [5, 5.41) is 30.5. The van der Waals surface area contributed by atoms with Crippen LogP contribution in [0.3, 0.4) is 0 Å². The van der Waals surface area contributed by atoms with Gasteiger partial charge in [-0.15, -0.1) is 10.2 Å². The van der Waals surface area contributed by atoms with Crippen LogP contribution in [0.15, 0.2) is 24.3 Å². The normalized spacial score (nSPS) is 13.2. The van der Waals surface area contributed by atoms with Gasteiger partial charge in [-0.3, -0.25) is 0 Å². The topological polar surface area (TPSA) is 138 Å². The average molecular weight is 474 g/mol. The number of carbonyl (C=O) groups is 1. The first-order valence-corrected chi connectivity index (χ1v) is 11.2. The number of alkyl halides is 3. The summed E-state index contributed by atoms with van der Waals surface area (Å²) in [6.07, 6.45) is 5.52. The van der Waals surface area contributed by atoms with Gasteiger partial charge in [0.2, 0.25) is 5.82 Å². The first-order chi connectivity index (χ1) is 15.6.